The van der Waals surface area contributed by atoms with Crippen LogP contribution in [0, 0.1) is 6.92 Å². The zero-order valence-electron chi connectivity index (χ0n) is 18.5. The van der Waals surface area contributed by atoms with Crippen molar-refractivity contribution in [1.29, 1.82) is 0 Å². The Morgan fingerprint density at radius 2 is 1.58 bits per heavy atom. The maximum absolute atomic E-state index is 13.5. The fraction of sp³-hybridized carbons (Fsp3) is 0.316. The van der Waals surface area contributed by atoms with E-state index in [0.29, 0.717) is 6.07 Å². The number of halogens is 5. The molecule has 0 bridgehead atoms. The van der Waals surface area contributed by atoms with Crippen LogP contribution >= 0.6 is 22.3 Å². The normalized spacial score (nSPS) is 13.8. The molecule has 0 N–H and O–H groups in total. The molecule has 0 aromatic heterocycles. The lowest BCUT2D eigenvalue weighted by atomic mass is 10.1. The van der Waals surface area contributed by atoms with E-state index in [1.54, 1.807) is 0 Å². The van der Waals surface area contributed by atoms with E-state index in [4.69, 9.17) is 4.74 Å². The molecular formula is C19H23F5O6S3. The molecule has 2 aromatic carbocycles. The van der Waals surface area contributed by atoms with Gasteiger partial charge in [0.25, 0.3) is 0 Å². The summed E-state index contributed by atoms with van der Waals surface area (Å²) in [7, 11) is -12.1. The van der Waals surface area contributed by atoms with Crippen LogP contribution < -0.4 is 4.74 Å². The highest BCUT2D eigenvalue weighted by atomic mass is 32.5. The van der Waals surface area contributed by atoms with Crippen molar-refractivity contribution in [2.45, 2.75) is 35.5 Å². The molecule has 6 nitrogen and oxygen atoms in total. The molecule has 0 atom stereocenters. The Kier molecular flexibility index (Phi) is 8.18. The Morgan fingerprint density at radius 3 is 2.03 bits per heavy atom. The predicted octanol–water partition coefficient (Wildman–Crippen LogP) is 7.31. The van der Waals surface area contributed by atoms with Crippen molar-refractivity contribution >= 4 is 38.1 Å². The van der Waals surface area contributed by atoms with Crippen molar-refractivity contribution in [3.05, 3.63) is 41.5 Å². The van der Waals surface area contributed by atoms with Gasteiger partial charge in [-0.25, -0.2) is 13.2 Å². The molecule has 0 aliphatic heterocycles. The van der Waals surface area contributed by atoms with Crippen molar-refractivity contribution in [3.63, 3.8) is 0 Å². The van der Waals surface area contributed by atoms with Crippen molar-refractivity contribution in [2.75, 3.05) is 20.5 Å². The number of carbonyl (C=O) groups excluding carboxylic acids is 1. The molecule has 0 spiro atoms. The monoisotopic (exact) mass is 538 g/mol. The summed E-state index contributed by atoms with van der Waals surface area (Å²) in [6.45, 7) is 5.41. The minimum Gasteiger partial charge on any atom is -0.465 e. The van der Waals surface area contributed by atoms with Crippen LogP contribution in [0.25, 0.3) is 0 Å². The van der Waals surface area contributed by atoms with Gasteiger partial charge in [0.05, 0.1) is 24.7 Å². The van der Waals surface area contributed by atoms with E-state index in [1.807, 2.05) is 13.8 Å². The topological polar surface area (TPSA) is 78.9 Å². The summed E-state index contributed by atoms with van der Waals surface area (Å²) in [5.41, 5.74) is 0.0727. The van der Waals surface area contributed by atoms with E-state index in [2.05, 4.69) is 8.92 Å². The van der Waals surface area contributed by atoms with Gasteiger partial charge in [-0.15, -0.1) is 0 Å². The summed E-state index contributed by atoms with van der Waals surface area (Å²) in [6.07, 6.45) is 0.782. The third-order valence-electron chi connectivity index (χ3n) is 3.83. The number of benzene rings is 2. The fourth-order valence-corrected chi connectivity index (χ4v) is 5.10. The third kappa shape index (κ3) is 7.48. The first-order valence-corrected chi connectivity index (χ1v) is 13.7. The molecular weight excluding hydrogens is 515 g/mol. The number of hydrogen-bond donors (Lipinski definition) is 0. The third-order valence-corrected chi connectivity index (χ3v) is 6.95. The van der Waals surface area contributed by atoms with Crippen LogP contribution in [0.15, 0.2) is 45.0 Å². The summed E-state index contributed by atoms with van der Waals surface area (Å²) in [4.78, 5) is 8.16. The molecule has 2 rings (SSSR count). The average molecular weight is 539 g/mol. The van der Waals surface area contributed by atoms with Crippen LogP contribution in [0.3, 0.4) is 0 Å². The second-order valence-corrected chi connectivity index (χ2v) is 11.6. The van der Waals surface area contributed by atoms with Gasteiger partial charge in [0, 0.05) is 24.4 Å². The van der Waals surface area contributed by atoms with Gasteiger partial charge in [-0.1, -0.05) is 33.3 Å². The van der Waals surface area contributed by atoms with Gasteiger partial charge >= 0.3 is 16.2 Å². The van der Waals surface area contributed by atoms with Gasteiger partial charge in [0.2, 0.25) is 0 Å². The number of rotatable bonds is 7. The van der Waals surface area contributed by atoms with E-state index in [-0.39, 0.29) is 29.2 Å². The molecule has 0 amide bonds. The summed E-state index contributed by atoms with van der Waals surface area (Å²) in [6, 6.07) is 3.75. The van der Waals surface area contributed by atoms with Crippen molar-refractivity contribution in [3.8, 4) is 11.5 Å². The van der Waals surface area contributed by atoms with Gasteiger partial charge < -0.3 is 13.7 Å². The average Bonchev–Trinajstić information content (AvgIpc) is 2.67. The van der Waals surface area contributed by atoms with Crippen molar-refractivity contribution in [1.82, 2.24) is 0 Å². The Labute approximate surface area is 193 Å². The molecule has 0 saturated heterocycles. The van der Waals surface area contributed by atoms with Crippen LogP contribution in [-0.2, 0) is 18.8 Å². The van der Waals surface area contributed by atoms with Crippen LogP contribution in [0.1, 0.15) is 29.8 Å². The van der Waals surface area contributed by atoms with E-state index >= 15 is 0 Å². The predicted molar refractivity (Wildman–Crippen MR) is 118 cm³/mol. The largest absolute Gasteiger partial charge is 0.465 e. The highest BCUT2D eigenvalue weighted by Gasteiger charge is 2.67. The Balaban J connectivity index is 0.00000265. The van der Waals surface area contributed by atoms with Crippen LogP contribution in [0.4, 0.5) is 19.4 Å². The zero-order valence-corrected chi connectivity index (χ0v) is 20.9. The molecule has 0 fully saturated rings. The molecule has 2 aromatic rings. The molecule has 0 saturated carbocycles. The number of methoxy groups -OCH3 is 1. The molecule has 0 radical (unpaired) electrons. The number of hydrogen-bond acceptors (Lipinski definition) is 7. The van der Waals surface area contributed by atoms with Crippen LogP contribution in [-0.4, -0.2) is 34.9 Å². The number of ether oxygens (including phenoxy) is 2. The van der Waals surface area contributed by atoms with E-state index in [0.717, 1.165) is 38.7 Å². The van der Waals surface area contributed by atoms with E-state index in [1.165, 1.54) is 6.92 Å². The lowest BCUT2D eigenvalue weighted by Crippen LogP contribution is -2.09. The smallest absolute Gasteiger partial charge is 0.338 e. The summed E-state index contributed by atoms with van der Waals surface area (Å²) < 4.78 is 106. The standard InChI is InChI=1S/C17H17F5O6S3.C2H6/c1-10-7-13(15(30(4,24)25)9-12(10)17(23)26-2)28-11-5-6-14(29-27-3)16(8-11)31(18,19,20,21)22;1-2/h5-9H,1-4H3;1-2H3. The molecule has 0 unspecified atom stereocenters. The van der Waals surface area contributed by atoms with Gasteiger partial charge in [-0.2, -0.15) is 0 Å². The number of aryl methyl sites for hydroxylation is 1. The molecule has 188 valence electrons. The lowest BCUT2D eigenvalue weighted by molar-refractivity contribution is 0.0599. The fourth-order valence-electron chi connectivity index (χ4n) is 2.50. The zero-order chi connectivity index (χ0) is 25.9. The van der Waals surface area contributed by atoms with Crippen LogP contribution in [0.5, 0.6) is 11.5 Å². The Morgan fingerprint density at radius 1 is 1.00 bits per heavy atom. The minimum absolute atomic E-state index is 0.0680. The maximum Gasteiger partial charge on any atom is 0.338 e. The molecule has 0 aliphatic carbocycles. The molecule has 0 heterocycles. The molecule has 0 aliphatic rings. The number of carbonyl (C=O) groups is 1. The Bertz CT molecular complexity index is 1150. The summed E-state index contributed by atoms with van der Waals surface area (Å²) in [5.74, 6) is -2.00. The first-order valence-electron chi connectivity index (χ1n) is 9.07. The number of sulfone groups is 1. The minimum atomic E-state index is -10.1. The van der Waals surface area contributed by atoms with Crippen molar-refractivity contribution in [2.24, 2.45) is 0 Å². The van der Waals surface area contributed by atoms with Gasteiger partial charge in [-0.3, -0.25) is 0 Å². The molecule has 14 heteroatoms. The second-order valence-electron chi connectivity index (χ2n) is 6.31. The maximum atomic E-state index is 13.5. The summed E-state index contributed by atoms with van der Waals surface area (Å²) in [5, 5.41) is 0. The first-order chi connectivity index (χ1) is 14.9. The number of esters is 1. The van der Waals surface area contributed by atoms with Crippen LogP contribution in [0.2, 0.25) is 0 Å². The quantitative estimate of drug-likeness (QED) is 0.208. The summed E-state index contributed by atoms with van der Waals surface area (Å²) >= 11 is 0.0851. The highest BCUT2D eigenvalue weighted by molar-refractivity contribution is 8.45. The van der Waals surface area contributed by atoms with E-state index in [9.17, 15) is 32.6 Å². The van der Waals surface area contributed by atoms with Crippen molar-refractivity contribution < 1.29 is 46.3 Å². The highest BCUT2D eigenvalue weighted by Crippen LogP contribution is 3.02. The second kappa shape index (κ2) is 9.31. The Hall–Kier alpha value is -2.03. The first kappa shape index (κ1) is 29.0. The lowest BCUT2D eigenvalue weighted by Gasteiger charge is -2.41. The molecule has 33 heavy (non-hydrogen) atoms. The van der Waals surface area contributed by atoms with Gasteiger partial charge in [0.15, 0.2) is 9.84 Å². The SMILES string of the molecule is CC.COSc1ccc(Oc2cc(C)c(C(=O)OC)cc2S(C)(=O)=O)cc1S(F)(F)(F)(F)F. The van der Waals surface area contributed by atoms with E-state index < -0.39 is 52.2 Å². The van der Waals surface area contributed by atoms with Gasteiger partial charge in [-0.05, 0) is 36.8 Å². The van der Waals surface area contributed by atoms with Gasteiger partial charge in [0.1, 0.15) is 21.3 Å².